The first kappa shape index (κ1) is 25.7. The van der Waals surface area contributed by atoms with Crippen molar-refractivity contribution in [2.24, 2.45) is 0 Å². The number of benzene rings is 4. The molecule has 0 fully saturated rings. The van der Waals surface area contributed by atoms with E-state index in [9.17, 15) is 8.78 Å². The van der Waals surface area contributed by atoms with Crippen molar-refractivity contribution < 1.29 is 8.78 Å². The van der Waals surface area contributed by atoms with E-state index in [2.05, 4.69) is 73.8 Å². The number of hydrogen-bond acceptors (Lipinski definition) is 2. The molecule has 5 aromatic rings. The summed E-state index contributed by atoms with van der Waals surface area (Å²) in [6.07, 6.45) is 2.28. The van der Waals surface area contributed by atoms with Crippen LogP contribution in [0.2, 0.25) is 0 Å². The molecule has 0 saturated carbocycles. The van der Waals surface area contributed by atoms with Gasteiger partial charge < -0.3 is 5.32 Å². The average molecular weight is 526 g/mol. The van der Waals surface area contributed by atoms with Gasteiger partial charge in [-0.3, -0.25) is 0 Å². The Labute approximate surface area is 227 Å². The molecule has 0 unspecified atom stereocenters. The Morgan fingerprint density at radius 3 is 2.24 bits per heavy atom. The van der Waals surface area contributed by atoms with Gasteiger partial charge in [-0.15, -0.1) is 0 Å². The van der Waals surface area contributed by atoms with Crippen molar-refractivity contribution in [2.75, 3.05) is 5.32 Å². The number of aryl methyl sites for hydroxylation is 2. The number of thiocarbonyl (C=S) groups is 1. The van der Waals surface area contributed by atoms with Crippen LogP contribution in [0.1, 0.15) is 29.2 Å². The Bertz CT molecular complexity index is 1590. The lowest BCUT2D eigenvalue weighted by molar-refractivity contribution is 0.0226. The molecule has 0 aliphatic heterocycles. The van der Waals surface area contributed by atoms with Crippen LogP contribution in [0, 0.1) is 13.8 Å². The maximum Gasteiger partial charge on any atom is 0.249 e. The Balaban J connectivity index is 1.30. The van der Waals surface area contributed by atoms with E-state index in [1.807, 2.05) is 24.4 Å². The summed E-state index contributed by atoms with van der Waals surface area (Å²) in [6, 6.07) is 28.0. The highest BCUT2D eigenvalue weighted by Gasteiger charge is 2.21. The number of nitrogens with one attached hydrogen (secondary N) is 1. The van der Waals surface area contributed by atoms with E-state index in [1.165, 1.54) is 11.1 Å². The molecule has 0 bridgehead atoms. The Morgan fingerprint density at radius 2 is 1.53 bits per heavy atom. The fourth-order valence-electron chi connectivity index (χ4n) is 4.69. The van der Waals surface area contributed by atoms with Crippen molar-refractivity contribution in [3.63, 3.8) is 0 Å². The standard InChI is InChI=1S/C32H29F2N3S/c1-21-5-4-6-22(2)31(21)35-30(38)18-24-7-10-26-19-27(12-11-25(26)17-24)29-15-16-37(36-29)28-13-8-23(9-14-28)20-32(3,33)34/h4-17,19H,18,20H2,1-3H3,(H,35,38). The second-order valence-electron chi connectivity index (χ2n) is 9.95. The molecular weight excluding hydrogens is 496 g/mol. The molecule has 4 aromatic carbocycles. The number of hydrogen-bond donors (Lipinski definition) is 1. The van der Waals surface area contributed by atoms with E-state index in [-0.39, 0.29) is 6.42 Å². The highest BCUT2D eigenvalue weighted by atomic mass is 32.1. The van der Waals surface area contributed by atoms with Crippen LogP contribution in [0.25, 0.3) is 27.7 Å². The molecule has 0 amide bonds. The lowest BCUT2D eigenvalue weighted by Crippen LogP contribution is -2.13. The van der Waals surface area contributed by atoms with Gasteiger partial charge in [0, 0.05) is 30.3 Å². The highest BCUT2D eigenvalue weighted by Crippen LogP contribution is 2.26. The molecule has 0 spiro atoms. The lowest BCUT2D eigenvalue weighted by atomic mass is 10.0. The number of halogens is 2. The lowest BCUT2D eigenvalue weighted by Gasteiger charge is -2.14. The number of nitrogens with zero attached hydrogens (tertiary/aromatic N) is 2. The highest BCUT2D eigenvalue weighted by molar-refractivity contribution is 7.80. The van der Waals surface area contributed by atoms with Gasteiger partial charge in [-0.05, 0) is 78.1 Å². The van der Waals surface area contributed by atoms with Crippen molar-refractivity contribution in [1.82, 2.24) is 9.78 Å². The molecule has 192 valence electrons. The van der Waals surface area contributed by atoms with Crippen LogP contribution in [0.15, 0.2) is 91.1 Å². The van der Waals surface area contributed by atoms with E-state index in [0.29, 0.717) is 12.0 Å². The molecule has 1 aromatic heterocycles. The zero-order chi connectivity index (χ0) is 26.9. The molecule has 1 N–H and O–H groups in total. The van der Waals surface area contributed by atoms with Crippen molar-refractivity contribution >= 4 is 33.7 Å². The van der Waals surface area contributed by atoms with Gasteiger partial charge in [0.25, 0.3) is 0 Å². The quantitative estimate of drug-likeness (QED) is 0.216. The fourth-order valence-corrected chi connectivity index (χ4v) is 4.96. The van der Waals surface area contributed by atoms with E-state index in [1.54, 1.807) is 16.8 Å². The van der Waals surface area contributed by atoms with Crippen LogP contribution in [0.5, 0.6) is 0 Å². The topological polar surface area (TPSA) is 29.9 Å². The van der Waals surface area contributed by atoms with Crippen LogP contribution in [0.3, 0.4) is 0 Å². The smallest absolute Gasteiger partial charge is 0.249 e. The molecule has 1 heterocycles. The van der Waals surface area contributed by atoms with Gasteiger partial charge in [0.1, 0.15) is 0 Å². The summed E-state index contributed by atoms with van der Waals surface area (Å²) in [4.78, 5) is 0.792. The van der Waals surface area contributed by atoms with Crippen molar-refractivity contribution in [3.05, 3.63) is 113 Å². The van der Waals surface area contributed by atoms with Gasteiger partial charge in [0.05, 0.1) is 16.4 Å². The predicted molar refractivity (Wildman–Crippen MR) is 157 cm³/mol. The maximum absolute atomic E-state index is 13.3. The minimum atomic E-state index is -2.72. The van der Waals surface area contributed by atoms with Gasteiger partial charge in [0.15, 0.2) is 0 Å². The monoisotopic (exact) mass is 525 g/mol. The van der Waals surface area contributed by atoms with Crippen LogP contribution >= 0.6 is 12.2 Å². The van der Waals surface area contributed by atoms with E-state index in [4.69, 9.17) is 17.3 Å². The Kier molecular flexibility index (Phi) is 7.09. The molecule has 0 aliphatic rings. The van der Waals surface area contributed by atoms with Crippen molar-refractivity contribution in [1.29, 1.82) is 0 Å². The van der Waals surface area contributed by atoms with E-state index < -0.39 is 5.92 Å². The molecule has 3 nitrogen and oxygen atoms in total. The average Bonchev–Trinajstić information content (AvgIpc) is 3.36. The van der Waals surface area contributed by atoms with Gasteiger partial charge in [-0.2, -0.15) is 5.10 Å². The molecule has 0 atom stereocenters. The first-order valence-electron chi connectivity index (χ1n) is 12.6. The Hall–Kier alpha value is -3.90. The third-order valence-corrected chi connectivity index (χ3v) is 6.86. The molecule has 0 saturated heterocycles. The molecule has 38 heavy (non-hydrogen) atoms. The van der Waals surface area contributed by atoms with Gasteiger partial charge in [0.2, 0.25) is 5.92 Å². The fraction of sp³-hybridized carbons (Fsp3) is 0.188. The molecule has 5 rings (SSSR count). The van der Waals surface area contributed by atoms with Crippen molar-refractivity contribution in [3.8, 4) is 16.9 Å². The summed E-state index contributed by atoms with van der Waals surface area (Å²) in [5.41, 5.74) is 7.89. The molecule has 0 aliphatic carbocycles. The molecule has 6 heteroatoms. The zero-order valence-corrected chi connectivity index (χ0v) is 22.4. The number of aromatic nitrogens is 2. The van der Waals surface area contributed by atoms with Gasteiger partial charge in [-0.1, -0.05) is 72.9 Å². The second kappa shape index (κ2) is 10.5. The first-order chi connectivity index (χ1) is 18.1. The summed E-state index contributed by atoms with van der Waals surface area (Å²) in [7, 11) is 0. The molecular formula is C32H29F2N3S. The predicted octanol–water partition coefficient (Wildman–Crippen LogP) is 8.49. The number of rotatable bonds is 7. The summed E-state index contributed by atoms with van der Waals surface area (Å²) in [6.45, 7) is 5.10. The van der Waals surface area contributed by atoms with E-state index in [0.717, 1.165) is 50.9 Å². The van der Waals surface area contributed by atoms with Gasteiger partial charge >= 0.3 is 0 Å². The number of para-hydroxylation sites is 1. The number of alkyl halides is 2. The Morgan fingerprint density at radius 1 is 0.868 bits per heavy atom. The van der Waals surface area contributed by atoms with Crippen LogP contribution < -0.4 is 5.32 Å². The third-order valence-electron chi connectivity index (χ3n) is 6.62. The minimum Gasteiger partial charge on any atom is -0.349 e. The number of anilines is 1. The minimum absolute atomic E-state index is 0.273. The summed E-state index contributed by atoms with van der Waals surface area (Å²) < 4.78 is 28.3. The van der Waals surface area contributed by atoms with Gasteiger partial charge in [-0.25, -0.2) is 13.5 Å². The maximum atomic E-state index is 13.3. The summed E-state index contributed by atoms with van der Waals surface area (Å²) in [5.74, 6) is -2.72. The normalized spacial score (nSPS) is 11.6. The van der Waals surface area contributed by atoms with E-state index >= 15 is 0 Å². The zero-order valence-electron chi connectivity index (χ0n) is 21.6. The van der Waals surface area contributed by atoms with Crippen LogP contribution in [-0.4, -0.2) is 20.7 Å². The summed E-state index contributed by atoms with van der Waals surface area (Å²) >= 11 is 5.66. The second-order valence-corrected chi connectivity index (χ2v) is 10.4. The number of fused-ring (bicyclic) bond motifs is 1. The van der Waals surface area contributed by atoms with Crippen LogP contribution in [-0.2, 0) is 12.8 Å². The van der Waals surface area contributed by atoms with Crippen LogP contribution in [0.4, 0.5) is 14.5 Å². The molecule has 0 radical (unpaired) electrons. The van der Waals surface area contributed by atoms with Crippen molar-refractivity contribution in [2.45, 2.75) is 39.5 Å². The third kappa shape index (κ3) is 5.97. The largest absolute Gasteiger partial charge is 0.349 e. The summed E-state index contributed by atoms with van der Waals surface area (Å²) in [5, 5.41) is 10.4. The first-order valence-corrected chi connectivity index (χ1v) is 13.0. The SMILES string of the molecule is Cc1cccc(C)c1NC(=S)Cc1ccc2cc(-c3ccn(-c4ccc(CC(C)(F)F)cc4)n3)ccc2c1.